The minimum absolute atomic E-state index is 0.559. The van der Waals surface area contributed by atoms with Crippen LogP contribution in [0.3, 0.4) is 0 Å². The Balaban J connectivity index is 1.80. The quantitative estimate of drug-likeness (QED) is 0.943. The largest absolute Gasteiger partial charge is 0.493 e. The standard InChI is InChI=1S/C20H23NO2/c1-22-19-9-14-8-15(13-6-4-3-5-7-13)17-11-21-12-18(17)16(14)10-20(19)23-2/h3-7,9-10,15,17-18,21H,8,11-12H2,1-2H3/t15-,17+,18-/m1/s1. The third kappa shape index (κ3) is 2.40. The summed E-state index contributed by atoms with van der Waals surface area (Å²) in [6.07, 6.45) is 1.07. The number of rotatable bonds is 3. The van der Waals surface area contributed by atoms with Crippen molar-refractivity contribution in [3.05, 3.63) is 59.2 Å². The fourth-order valence-corrected chi connectivity index (χ4v) is 4.37. The van der Waals surface area contributed by atoms with Crippen LogP contribution in [0.5, 0.6) is 11.5 Å². The molecular weight excluding hydrogens is 286 g/mol. The van der Waals surface area contributed by atoms with Gasteiger partial charge < -0.3 is 14.8 Å². The Morgan fingerprint density at radius 2 is 1.65 bits per heavy atom. The number of nitrogens with one attached hydrogen (secondary N) is 1. The maximum atomic E-state index is 5.52. The summed E-state index contributed by atoms with van der Waals surface area (Å²) in [5, 5.41) is 3.60. The van der Waals surface area contributed by atoms with Gasteiger partial charge in [0.2, 0.25) is 0 Å². The smallest absolute Gasteiger partial charge is 0.161 e. The van der Waals surface area contributed by atoms with Crippen LogP contribution in [-0.2, 0) is 6.42 Å². The molecule has 0 spiro atoms. The van der Waals surface area contributed by atoms with E-state index in [0.29, 0.717) is 17.8 Å². The second kappa shape index (κ2) is 5.89. The number of ether oxygens (including phenoxy) is 2. The van der Waals surface area contributed by atoms with E-state index in [2.05, 4.69) is 47.8 Å². The first-order chi connectivity index (χ1) is 11.3. The second-order valence-electron chi connectivity index (χ2n) is 6.56. The van der Waals surface area contributed by atoms with E-state index < -0.39 is 0 Å². The molecule has 1 fully saturated rings. The molecule has 2 aliphatic rings. The number of fused-ring (bicyclic) bond motifs is 3. The molecule has 1 N–H and O–H groups in total. The molecular formula is C20H23NO2. The SMILES string of the molecule is COc1cc2c(cc1OC)[C@H]1CNC[C@H]1[C@@H](c1ccccc1)C2. The zero-order valence-electron chi connectivity index (χ0n) is 13.7. The maximum absolute atomic E-state index is 5.52. The molecule has 2 aromatic carbocycles. The van der Waals surface area contributed by atoms with Gasteiger partial charge in [0.15, 0.2) is 11.5 Å². The summed E-state index contributed by atoms with van der Waals surface area (Å²) in [4.78, 5) is 0. The number of hydrogen-bond donors (Lipinski definition) is 1. The molecule has 120 valence electrons. The Morgan fingerprint density at radius 3 is 2.39 bits per heavy atom. The summed E-state index contributed by atoms with van der Waals surface area (Å²) in [6, 6.07) is 15.3. The predicted octanol–water partition coefficient (Wildman–Crippen LogP) is 3.35. The van der Waals surface area contributed by atoms with E-state index in [1.54, 1.807) is 14.2 Å². The molecule has 2 aromatic rings. The molecule has 4 rings (SSSR count). The maximum Gasteiger partial charge on any atom is 0.161 e. The minimum Gasteiger partial charge on any atom is -0.493 e. The van der Waals surface area contributed by atoms with Gasteiger partial charge in [0.1, 0.15) is 0 Å². The number of hydrogen-bond acceptors (Lipinski definition) is 3. The van der Waals surface area contributed by atoms with Gasteiger partial charge in [-0.2, -0.15) is 0 Å². The topological polar surface area (TPSA) is 30.5 Å². The van der Waals surface area contributed by atoms with Crippen LogP contribution in [0.1, 0.15) is 28.5 Å². The molecule has 3 atom stereocenters. The summed E-state index contributed by atoms with van der Waals surface area (Å²) in [7, 11) is 3.42. The molecule has 0 saturated carbocycles. The third-order valence-corrected chi connectivity index (χ3v) is 5.49. The molecule has 3 nitrogen and oxygen atoms in total. The van der Waals surface area contributed by atoms with Crippen LogP contribution in [0.25, 0.3) is 0 Å². The van der Waals surface area contributed by atoms with Crippen LogP contribution in [0.2, 0.25) is 0 Å². The fourth-order valence-electron chi connectivity index (χ4n) is 4.37. The summed E-state index contributed by atoms with van der Waals surface area (Å²) in [5.41, 5.74) is 4.29. The molecule has 0 aromatic heterocycles. The molecule has 3 heteroatoms. The normalized spacial score (nSPS) is 25.6. The third-order valence-electron chi connectivity index (χ3n) is 5.49. The average molecular weight is 309 g/mol. The molecule has 1 heterocycles. The monoisotopic (exact) mass is 309 g/mol. The highest BCUT2D eigenvalue weighted by Crippen LogP contribution is 2.48. The van der Waals surface area contributed by atoms with Crippen molar-refractivity contribution in [3.8, 4) is 11.5 Å². The van der Waals surface area contributed by atoms with Crippen molar-refractivity contribution in [2.75, 3.05) is 27.3 Å². The first-order valence-corrected chi connectivity index (χ1v) is 8.32. The van der Waals surface area contributed by atoms with Crippen LogP contribution >= 0.6 is 0 Å². The van der Waals surface area contributed by atoms with Gasteiger partial charge in [-0.15, -0.1) is 0 Å². The van der Waals surface area contributed by atoms with Gasteiger partial charge in [-0.25, -0.2) is 0 Å². The zero-order valence-corrected chi connectivity index (χ0v) is 13.7. The highest BCUT2D eigenvalue weighted by Gasteiger charge is 2.40. The van der Waals surface area contributed by atoms with Gasteiger partial charge in [-0.1, -0.05) is 30.3 Å². The van der Waals surface area contributed by atoms with Crippen LogP contribution in [0.15, 0.2) is 42.5 Å². The Kier molecular flexibility index (Phi) is 3.74. The van der Waals surface area contributed by atoms with Crippen molar-refractivity contribution in [2.45, 2.75) is 18.3 Å². The van der Waals surface area contributed by atoms with Gasteiger partial charge in [-0.3, -0.25) is 0 Å². The van der Waals surface area contributed by atoms with Crippen molar-refractivity contribution < 1.29 is 9.47 Å². The molecule has 1 saturated heterocycles. The number of methoxy groups -OCH3 is 2. The van der Waals surface area contributed by atoms with E-state index in [9.17, 15) is 0 Å². The zero-order chi connectivity index (χ0) is 15.8. The fraction of sp³-hybridized carbons (Fsp3) is 0.400. The van der Waals surface area contributed by atoms with E-state index in [4.69, 9.17) is 9.47 Å². The highest BCUT2D eigenvalue weighted by atomic mass is 16.5. The van der Waals surface area contributed by atoms with Crippen molar-refractivity contribution in [1.82, 2.24) is 5.32 Å². The number of benzene rings is 2. The lowest BCUT2D eigenvalue weighted by Gasteiger charge is -2.36. The molecule has 0 unspecified atom stereocenters. The summed E-state index contributed by atoms with van der Waals surface area (Å²) in [6.45, 7) is 2.15. The molecule has 1 aliphatic carbocycles. The van der Waals surface area contributed by atoms with Crippen LogP contribution in [-0.4, -0.2) is 27.3 Å². The minimum atomic E-state index is 0.559. The van der Waals surface area contributed by atoms with E-state index in [0.717, 1.165) is 31.0 Å². The second-order valence-corrected chi connectivity index (χ2v) is 6.56. The molecule has 0 radical (unpaired) electrons. The van der Waals surface area contributed by atoms with Gasteiger partial charge in [0.25, 0.3) is 0 Å². The van der Waals surface area contributed by atoms with Gasteiger partial charge in [-0.05, 0) is 53.6 Å². The average Bonchev–Trinajstić information content (AvgIpc) is 3.10. The lowest BCUT2D eigenvalue weighted by atomic mass is 9.68. The Morgan fingerprint density at radius 1 is 0.913 bits per heavy atom. The lowest BCUT2D eigenvalue weighted by molar-refractivity contribution is 0.347. The van der Waals surface area contributed by atoms with Crippen LogP contribution in [0, 0.1) is 5.92 Å². The Labute approximate surface area is 137 Å². The lowest BCUT2D eigenvalue weighted by Crippen LogP contribution is -2.27. The molecule has 1 aliphatic heterocycles. The first-order valence-electron chi connectivity index (χ1n) is 8.32. The summed E-state index contributed by atoms with van der Waals surface area (Å²) in [5.74, 6) is 3.46. The van der Waals surface area contributed by atoms with E-state index in [1.807, 2.05) is 0 Å². The summed E-state index contributed by atoms with van der Waals surface area (Å²) >= 11 is 0. The van der Waals surface area contributed by atoms with Crippen LogP contribution < -0.4 is 14.8 Å². The van der Waals surface area contributed by atoms with Gasteiger partial charge >= 0.3 is 0 Å². The predicted molar refractivity (Wildman–Crippen MR) is 91.5 cm³/mol. The van der Waals surface area contributed by atoms with Gasteiger partial charge in [0.05, 0.1) is 14.2 Å². The van der Waals surface area contributed by atoms with Crippen molar-refractivity contribution >= 4 is 0 Å². The Hall–Kier alpha value is -2.00. The highest BCUT2D eigenvalue weighted by molar-refractivity contribution is 5.51. The van der Waals surface area contributed by atoms with Crippen molar-refractivity contribution in [1.29, 1.82) is 0 Å². The van der Waals surface area contributed by atoms with E-state index >= 15 is 0 Å². The summed E-state index contributed by atoms with van der Waals surface area (Å²) < 4.78 is 11.0. The van der Waals surface area contributed by atoms with Crippen molar-refractivity contribution in [2.24, 2.45) is 5.92 Å². The van der Waals surface area contributed by atoms with E-state index in [1.165, 1.54) is 16.7 Å². The van der Waals surface area contributed by atoms with Gasteiger partial charge in [0, 0.05) is 12.5 Å². The van der Waals surface area contributed by atoms with Crippen LogP contribution in [0.4, 0.5) is 0 Å². The molecule has 0 amide bonds. The molecule has 0 bridgehead atoms. The van der Waals surface area contributed by atoms with E-state index in [-0.39, 0.29) is 0 Å². The first kappa shape index (κ1) is 14.6. The Bertz CT molecular complexity index is 698. The van der Waals surface area contributed by atoms with Crippen molar-refractivity contribution in [3.63, 3.8) is 0 Å². The molecule has 23 heavy (non-hydrogen) atoms.